The molecule has 1 fully saturated rings. The Balaban J connectivity index is 1.73. The zero-order chi connectivity index (χ0) is 25.0. The third-order valence-electron chi connectivity index (χ3n) is 6.65. The van der Waals surface area contributed by atoms with Crippen molar-refractivity contribution in [3.05, 3.63) is 70.8 Å². The lowest BCUT2D eigenvalue weighted by Crippen LogP contribution is -2.24. The molecule has 0 heterocycles. The van der Waals surface area contributed by atoms with E-state index in [1.54, 1.807) is 0 Å². The van der Waals surface area contributed by atoms with Crippen molar-refractivity contribution in [1.82, 2.24) is 0 Å². The molecule has 0 spiro atoms. The Kier molecular flexibility index (Phi) is 10.7. The van der Waals surface area contributed by atoms with Crippen LogP contribution in [0.1, 0.15) is 83.8 Å². The van der Waals surface area contributed by atoms with Gasteiger partial charge >= 0.3 is 0 Å². The fourth-order valence-corrected chi connectivity index (χ4v) is 4.96. The number of hydrogen-bond acceptors (Lipinski definition) is 3. The van der Waals surface area contributed by atoms with Gasteiger partial charge in [-0.2, -0.15) is 0 Å². The van der Waals surface area contributed by atoms with Gasteiger partial charge in [0.2, 0.25) is 0 Å². The molecule has 0 N–H and O–H groups in total. The Bertz CT molecular complexity index is 894. The summed E-state index contributed by atoms with van der Waals surface area (Å²) >= 11 is 0. The van der Waals surface area contributed by atoms with Crippen LogP contribution < -0.4 is 9.80 Å². The SMILES string of the molecule is CCCN(CCC)c1ccc(C=C2CCCC(=Cc3ccc(N(CCC)CCC)cc3)C2=O)cc1. The first-order valence-corrected chi connectivity index (χ1v) is 13.7. The zero-order valence-corrected chi connectivity index (χ0v) is 22.4. The molecule has 0 aromatic heterocycles. The fraction of sp³-hybridized carbons (Fsp3) is 0.469. The van der Waals surface area contributed by atoms with Crippen molar-refractivity contribution in [3.63, 3.8) is 0 Å². The van der Waals surface area contributed by atoms with Gasteiger partial charge in [-0.1, -0.05) is 52.0 Å². The van der Waals surface area contributed by atoms with Gasteiger partial charge in [-0.25, -0.2) is 0 Å². The molecule has 188 valence electrons. The van der Waals surface area contributed by atoms with Gasteiger partial charge < -0.3 is 9.80 Å². The average Bonchev–Trinajstić information content (AvgIpc) is 2.87. The van der Waals surface area contributed by atoms with Gasteiger partial charge in [0, 0.05) is 48.7 Å². The third kappa shape index (κ3) is 7.59. The number of carbonyl (C=O) groups excluding carboxylic acids is 1. The molecule has 3 heteroatoms. The maximum atomic E-state index is 13.3. The first-order valence-electron chi connectivity index (χ1n) is 13.7. The van der Waals surface area contributed by atoms with Gasteiger partial charge in [0.1, 0.15) is 0 Å². The Morgan fingerprint density at radius 1 is 0.600 bits per heavy atom. The van der Waals surface area contributed by atoms with Crippen LogP contribution in [0.15, 0.2) is 59.7 Å². The molecular formula is C32H44N2O. The van der Waals surface area contributed by atoms with Crippen molar-refractivity contribution < 1.29 is 4.79 Å². The maximum Gasteiger partial charge on any atom is 0.185 e. The summed E-state index contributed by atoms with van der Waals surface area (Å²) in [7, 11) is 0. The summed E-state index contributed by atoms with van der Waals surface area (Å²) in [5, 5.41) is 0. The minimum absolute atomic E-state index is 0.210. The Hall–Kier alpha value is -2.81. The first-order chi connectivity index (χ1) is 17.1. The van der Waals surface area contributed by atoms with Crippen LogP contribution in [0.2, 0.25) is 0 Å². The smallest absolute Gasteiger partial charge is 0.185 e. The minimum Gasteiger partial charge on any atom is -0.372 e. The molecule has 0 amide bonds. The van der Waals surface area contributed by atoms with Crippen LogP contribution in [0, 0.1) is 0 Å². The number of nitrogens with zero attached hydrogens (tertiary/aromatic N) is 2. The molecule has 2 aromatic carbocycles. The summed E-state index contributed by atoms with van der Waals surface area (Å²) < 4.78 is 0. The number of hydrogen-bond donors (Lipinski definition) is 0. The molecular weight excluding hydrogens is 428 g/mol. The van der Waals surface area contributed by atoms with E-state index in [4.69, 9.17) is 0 Å². The summed E-state index contributed by atoms with van der Waals surface area (Å²) in [4.78, 5) is 18.2. The number of allylic oxidation sites excluding steroid dienone is 2. The van der Waals surface area contributed by atoms with Crippen molar-refractivity contribution in [1.29, 1.82) is 0 Å². The summed E-state index contributed by atoms with van der Waals surface area (Å²) in [6.45, 7) is 13.2. The predicted octanol–water partition coefficient (Wildman–Crippen LogP) is 8.16. The highest BCUT2D eigenvalue weighted by Gasteiger charge is 2.20. The lowest BCUT2D eigenvalue weighted by molar-refractivity contribution is -0.112. The molecule has 1 saturated carbocycles. The van der Waals surface area contributed by atoms with Gasteiger partial charge in [0.25, 0.3) is 0 Å². The summed E-state index contributed by atoms with van der Waals surface area (Å²) in [6.07, 6.45) is 11.5. The van der Waals surface area contributed by atoms with Crippen LogP contribution in [0.25, 0.3) is 12.2 Å². The number of rotatable bonds is 12. The molecule has 0 atom stereocenters. The molecule has 1 aliphatic rings. The first kappa shape index (κ1) is 26.8. The Morgan fingerprint density at radius 2 is 0.943 bits per heavy atom. The van der Waals surface area contributed by atoms with E-state index in [0.29, 0.717) is 0 Å². The standard InChI is InChI=1S/C32H44N2O/c1-5-20-33(21-6-2)30-16-12-26(13-17-30)24-28-10-9-11-29(32(28)35)25-27-14-18-31(19-15-27)34(22-7-3)23-8-4/h12-19,24-25H,5-11,20-23H2,1-4H3. The molecule has 35 heavy (non-hydrogen) atoms. The third-order valence-corrected chi connectivity index (χ3v) is 6.65. The van der Waals surface area contributed by atoms with Crippen molar-refractivity contribution in [2.75, 3.05) is 36.0 Å². The predicted molar refractivity (Wildman–Crippen MR) is 153 cm³/mol. The van der Waals surface area contributed by atoms with Crippen molar-refractivity contribution in [3.8, 4) is 0 Å². The highest BCUT2D eigenvalue weighted by atomic mass is 16.1. The van der Waals surface area contributed by atoms with Crippen LogP contribution in [0.5, 0.6) is 0 Å². The molecule has 0 unspecified atom stereocenters. The summed E-state index contributed by atoms with van der Waals surface area (Å²) in [5.41, 5.74) is 6.63. The molecule has 0 saturated heterocycles. The second kappa shape index (κ2) is 13.9. The molecule has 0 aliphatic heterocycles. The van der Waals surface area contributed by atoms with E-state index < -0.39 is 0 Å². The maximum absolute atomic E-state index is 13.3. The molecule has 2 aromatic rings. The van der Waals surface area contributed by atoms with Crippen molar-refractivity contribution in [2.45, 2.75) is 72.6 Å². The highest BCUT2D eigenvalue weighted by Crippen LogP contribution is 2.29. The van der Waals surface area contributed by atoms with E-state index in [9.17, 15) is 4.79 Å². The van der Waals surface area contributed by atoms with Crippen molar-refractivity contribution in [2.24, 2.45) is 0 Å². The monoisotopic (exact) mass is 472 g/mol. The van der Waals surface area contributed by atoms with Gasteiger partial charge in [0.15, 0.2) is 5.78 Å². The van der Waals surface area contributed by atoms with Crippen LogP contribution in [-0.2, 0) is 4.79 Å². The molecule has 1 aliphatic carbocycles. The lowest BCUT2D eigenvalue weighted by atomic mass is 9.87. The molecule has 0 radical (unpaired) electrons. The summed E-state index contributed by atoms with van der Waals surface area (Å²) in [6, 6.07) is 17.4. The van der Waals surface area contributed by atoms with Crippen LogP contribution in [0.4, 0.5) is 11.4 Å². The number of anilines is 2. The summed E-state index contributed by atoms with van der Waals surface area (Å²) in [5.74, 6) is 0.210. The Labute approximate surface area is 213 Å². The largest absolute Gasteiger partial charge is 0.372 e. The topological polar surface area (TPSA) is 23.6 Å². The second-order valence-electron chi connectivity index (χ2n) is 9.68. The van der Waals surface area contributed by atoms with E-state index in [1.807, 2.05) is 0 Å². The number of ketones is 1. The molecule has 0 bridgehead atoms. The number of carbonyl (C=O) groups is 1. The average molecular weight is 473 g/mol. The van der Waals surface area contributed by atoms with E-state index >= 15 is 0 Å². The second-order valence-corrected chi connectivity index (χ2v) is 9.68. The normalized spacial score (nSPS) is 16.2. The van der Waals surface area contributed by atoms with Gasteiger partial charge in [-0.05, 0) is 92.5 Å². The van der Waals surface area contributed by atoms with Gasteiger partial charge in [-0.15, -0.1) is 0 Å². The lowest BCUT2D eigenvalue weighted by Gasteiger charge is -2.24. The zero-order valence-electron chi connectivity index (χ0n) is 22.4. The van der Waals surface area contributed by atoms with Crippen molar-refractivity contribution >= 4 is 29.3 Å². The number of benzene rings is 2. The van der Waals surface area contributed by atoms with Crippen LogP contribution in [0.3, 0.4) is 0 Å². The van der Waals surface area contributed by atoms with Crippen LogP contribution in [-0.4, -0.2) is 32.0 Å². The van der Waals surface area contributed by atoms with Gasteiger partial charge in [-0.3, -0.25) is 4.79 Å². The molecule has 3 rings (SSSR count). The van der Waals surface area contributed by atoms with Gasteiger partial charge in [0.05, 0.1) is 0 Å². The fourth-order valence-electron chi connectivity index (χ4n) is 4.96. The number of Topliss-reactive ketones (excluding diaryl/α,β-unsaturated/α-hetero) is 1. The van der Waals surface area contributed by atoms with E-state index in [1.165, 1.54) is 11.4 Å². The minimum atomic E-state index is 0.210. The van der Waals surface area contributed by atoms with E-state index in [0.717, 1.165) is 93.4 Å². The highest BCUT2D eigenvalue weighted by molar-refractivity contribution is 6.14. The van der Waals surface area contributed by atoms with E-state index in [2.05, 4.69) is 98.2 Å². The Morgan fingerprint density at radius 3 is 1.26 bits per heavy atom. The quantitative estimate of drug-likeness (QED) is 0.291. The van der Waals surface area contributed by atoms with E-state index in [-0.39, 0.29) is 5.78 Å². The molecule has 3 nitrogen and oxygen atoms in total. The van der Waals surface area contributed by atoms with Crippen LogP contribution >= 0.6 is 0 Å².